The molecular formula is C17H21N3O4. The Balaban J connectivity index is 2.02. The zero-order valence-corrected chi connectivity index (χ0v) is 14.0. The molecule has 0 bridgehead atoms. The summed E-state index contributed by atoms with van der Waals surface area (Å²) in [6, 6.07) is 7.81. The number of rotatable bonds is 7. The van der Waals surface area contributed by atoms with Crippen molar-refractivity contribution < 1.29 is 19.4 Å². The van der Waals surface area contributed by atoms with Crippen molar-refractivity contribution >= 4 is 11.9 Å². The van der Waals surface area contributed by atoms with Crippen molar-refractivity contribution in [1.29, 1.82) is 0 Å². The van der Waals surface area contributed by atoms with E-state index < -0.39 is 5.97 Å². The second kappa shape index (κ2) is 7.74. The molecule has 0 spiro atoms. The number of aryl methyl sites for hydroxylation is 3. The molecule has 0 fully saturated rings. The smallest absolute Gasteiger partial charge is 0.329 e. The van der Waals surface area contributed by atoms with Crippen LogP contribution in [0.15, 0.2) is 24.3 Å². The van der Waals surface area contributed by atoms with Crippen LogP contribution >= 0.6 is 0 Å². The predicted molar refractivity (Wildman–Crippen MR) is 88.6 cm³/mol. The molecule has 2 N–H and O–H groups in total. The number of carboxylic acids is 1. The van der Waals surface area contributed by atoms with Crippen molar-refractivity contribution in [2.75, 3.05) is 19.8 Å². The Bertz CT molecular complexity index is 732. The Morgan fingerprint density at radius 1 is 1.17 bits per heavy atom. The molecule has 24 heavy (non-hydrogen) atoms. The number of hydrogen-bond acceptors (Lipinski definition) is 4. The van der Waals surface area contributed by atoms with Gasteiger partial charge in [-0.05, 0) is 50.1 Å². The first kappa shape index (κ1) is 17.7. The topological polar surface area (TPSA) is 93.5 Å². The summed E-state index contributed by atoms with van der Waals surface area (Å²) in [6.07, 6.45) is 0. The van der Waals surface area contributed by atoms with Crippen LogP contribution in [-0.2, 0) is 9.53 Å². The fourth-order valence-electron chi connectivity index (χ4n) is 2.41. The summed E-state index contributed by atoms with van der Waals surface area (Å²) in [5.41, 5.74) is 4.33. The molecule has 2 rings (SSSR count). The van der Waals surface area contributed by atoms with Crippen LogP contribution in [0.5, 0.6) is 0 Å². The summed E-state index contributed by atoms with van der Waals surface area (Å²) in [4.78, 5) is 22.4. The Morgan fingerprint density at radius 3 is 2.46 bits per heavy atom. The molecule has 0 aliphatic heterocycles. The van der Waals surface area contributed by atoms with Crippen molar-refractivity contribution in [3.63, 3.8) is 0 Å². The third kappa shape index (κ3) is 4.66. The van der Waals surface area contributed by atoms with Crippen LogP contribution in [0.3, 0.4) is 0 Å². The summed E-state index contributed by atoms with van der Waals surface area (Å²) >= 11 is 0. The van der Waals surface area contributed by atoms with Gasteiger partial charge in [0.05, 0.1) is 12.3 Å². The first-order chi connectivity index (χ1) is 11.4. The normalized spacial score (nSPS) is 10.6. The van der Waals surface area contributed by atoms with E-state index >= 15 is 0 Å². The Morgan fingerprint density at radius 2 is 1.83 bits per heavy atom. The van der Waals surface area contributed by atoms with E-state index in [1.165, 1.54) is 0 Å². The maximum Gasteiger partial charge on any atom is 0.329 e. The van der Waals surface area contributed by atoms with E-state index in [-0.39, 0.29) is 25.7 Å². The van der Waals surface area contributed by atoms with Crippen LogP contribution in [0, 0.1) is 20.8 Å². The number of nitrogens with one attached hydrogen (secondary N) is 1. The molecule has 7 heteroatoms. The van der Waals surface area contributed by atoms with Crippen LogP contribution in [0.2, 0.25) is 0 Å². The van der Waals surface area contributed by atoms with E-state index in [2.05, 4.69) is 16.5 Å². The minimum atomic E-state index is -1.04. The van der Waals surface area contributed by atoms with E-state index in [1.807, 2.05) is 32.9 Å². The molecule has 0 aliphatic carbocycles. The van der Waals surface area contributed by atoms with Gasteiger partial charge in [0.15, 0.2) is 5.69 Å². The van der Waals surface area contributed by atoms with Crippen molar-refractivity contribution in [3.05, 3.63) is 46.8 Å². The van der Waals surface area contributed by atoms with Gasteiger partial charge in [0.25, 0.3) is 5.91 Å². The zero-order chi connectivity index (χ0) is 17.7. The number of carbonyl (C=O) groups is 2. The number of carboxylic acid groups (broad SMARTS) is 1. The lowest BCUT2D eigenvalue weighted by molar-refractivity contribution is -0.142. The van der Waals surface area contributed by atoms with E-state index in [4.69, 9.17) is 9.84 Å². The fourth-order valence-corrected chi connectivity index (χ4v) is 2.41. The summed E-state index contributed by atoms with van der Waals surface area (Å²) < 4.78 is 6.60. The monoisotopic (exact) mass is 331 g/mol. The van der Waals surface area contributed by atoms with Gasteiger partial charge in [-0.1, -0.05) is 6.07 Å². The first-order valence-corrected chi connectivity index (χ1v) is 7.60. The maximum absolute atomic E-state index is 12.1. The molecule has 1 amide bonds. The molecule has 7 nitrogen and oxygen atoms in total. The minimum Gasteiger partial charge on any atom is -0.480 e. The van der Waals surface area contributed by atoms with Gasteiger partial charge in [-0.25, -0.2) is 9.48 Å². The average Bonchev–Trinajstić information content (AvgIpc) is 2.87. The molecule has 1 heterocycles. The highest BCUT2D eigenvalue weighted by atomic mass is 16.5. The highest BCUT2D eigenvalue weighted by Crippen LogP contribution is 2.16. The summed E-state index contributed by atoms with van der Waals surface area (Å²) in [5, 5.41) is 15.5. The van der Waals surface area contributed by atoms with Gasteiger partial charge < -0.3 is 15.2 Å². The number of hydrogen-bond donors (Lipinski definition) is 2. The van der Waals surface area contributed by atoms with Gasteiger partial charge in [-0.2, -0.15) is 5.10 Å². The zero-order valence-electron chi connectivity index (χ0n) is 14.0. The van der Waals surface area contributed by atoms with Gasteiger partial charge in [0.1, 0.15) is 6.61 Å². The second-order valence-corrected chi connectivity index (χ2v) is 5.63. The van der Waals surface area contributed by atoms with Crippen LogP contribution in [-0.4, -0.2) is 46.5 Å². The van der Waals surface area contributed by atoms with Crippen LogP contribution in [0.4, 0.5) is 0 Å². The fraction of sp³-hybridized carbons (Fsp3) is 0.353. The molecular weight excluding hydrogens is 310 g/mol. The number of aliphatic carboxylic acids is 1. The van der Waals surface area contributed by atoms with E-state index in [0.29, 0.717) is 5.69 Å². The standard InChI is InChI=1S/C17H21N3O4/c1-11-6-12(2)8-14(7-11)20-13(3)9-15(19-20)17(23)18-4-5-24-10-16(21)22/h6-9H,4-5,10H2,1-3H3,(H,18,23)(H,21,22). The van der Waals surface area contributed by atoms with Gasteiger partial charge in [-0.15, -0.1) is 0 Å². The quantitative estimate of drug-likeness (QED) is 0.752. The van der Waals surface area contributed by atoms with Gasteiger partial charge in [-0.3, -0.25) is 4.79 Å². The van der Waals surface area contributed by atoms with Crippen molar-refractivity contribution in [3.8, 4) is 5.69 Å². The molecule has 1 aromatic carbocycles. The number of nitrogens with zero attached hydrogens (tertiary/aromatic N) is 2. The summed E-state index contributed by atoms with van der Waals surface area (Å²) in [6.45, 7) is 5.89. The Labute approximate surface area is 140 Å². The number of aromatic nitrogens is 2. The van der Waals surface area contributed by atoms with Gasteiger partial charge >= 0.3 is 5.97 Å². The van der Waals surface area contributed by atoms with E-state index in [0.717, 1.165) is 22.5 Å². The number of amides is 1. The Kier molecular flexibility index (Phi) is 5.70. The Hall–Kier alpha value is -2.67. The molecule has 0 unspecified atom stereocenters. The molecule has 2 aromatic rings. The molecule has 0 saturated carbocycles. The molecule has 0 atom stereocenters. The second-order valence-electron chi connectivity index (χ2n) is 5.63. The summed E-state index contributed by atoms with van der Waals surface area (Å²) in [5.74, 6) is -1.36. The minimum absolute atomic E-state index is 0.134. The first-order valence-electron chi connectivity index (χ1n) is 7.60. The van der Waals surface area contributed by atoms with Crippen LogP contribution in [0.1, 0.15) is 27.3 Å². The predicted octanol–water partition coefficient (Wildman–Crippen LogP) is 1.63. The van der Waals surface area contributed by atoms with Crippen molar-refractivity contribution in [1.82, 2.24) is 15.1 Å². The average molecular weight is 331 g/mol. The van der Waals surface area contributed by atoms with Gasteiger partial charge in [0, 0.05) is 12.2 Å². The van der Waals surface area contributed by atoms with Crippen LogP contribution < -0.4 is 5.32 Å². The molecule has 0 saturated heterocycles. The van der Waals surface area contributed by atoms with Crippen molar-refractivity contribution in [2.24, 2.45) is 0 Å². The van der Waals surface area contributed by atoms with Crippen LogP contribution in [0.25, 0.3) is 5.69 Å². The maximum atomic E-state index is 12.1. The number of carbonyl (C=O) groups excluding carboxylic acids is 1. The lowest BCUT2D eigenvalue weighted by Gasteiger charge is -2.07. The molecule has 0 radical (unpaired) electrons. The molecule has 128 valence electrons. The highest BCUT2D eigenvalue weighted by molar-refractivity contribution is 5.92. The lowest BCUT2D eigenvalue weighted by Crippen LogP contribution is -2.28. The van der Waals surface area contributed by atoms with E-state index in [1.54, 1.807) is 10.7 Å². The molecule has 0 aliphatic rings. The number of benzene rings is 1. The highest BCUT2D eigenvalue weighted by Gasteiger charge is 2.13. The van der Waals surface area contributed by atoms with E-state index in [9.17, 15) is 9.59 Å². The number of ether oxygens (including phenoxy) is 1. The summed E-state index contributed by atoms with van der Waals surface area (Å²) in [7, 11) is 0. The lowest BCUT2D eigenvalue weighted by atomic mass is 10.1. The SMILES string of the molecule is Cc1cc(C)cc(-n2nc(C(=O)NCCOCC(=O)O)cc2C)c1. The van der Waals surface area contributed by atoms with Gasteiger partial charge in [0.2, 0.25) is 0 Å². The van der Waals surface area contributed by atoms with Crippen molar-refractivity contribution in [2.45, 2.75) is 20.8 Å². The molecule has 1 aromatic heterocycles. The largest absolute Gasteiger partial charge is 0.480 e. The third-order valence-corrected chi connectivity index (χ3v) is 3.33. The third-order valence-electron chi connectivity index (χ3n) is 3.33.